The van der Waals surface area contributed by atoms with Gasteiger partial charge in [0.1, 0.15) is 5.75 Å². The van der Waals surface area contributed by atoms with Crippen LogP contribution in [0.4, 0.5) is 0 Å². The van der Waals surface area contributed by atoms with Crippen LogP contribution in [0.5, 0.6) is 5.75 Å². The van der Waals surface area contributed by atoms with Crippen LogP contribution in [-0.4, -0.2) is 80.1 Å². The Hall–Kier alpha value is -1.55. The fraction of sp³-hybridized carbons (Fsp3) is 0.652. The molecule has 0 unspecified atom stereocenters. The topological polar surface area (TPSA) is 69.2 Å². The Bertz CT molecular complexity index is 703. The number of piperazine rings is 1. The molecule has 0 aromatic heterocycles. The molecule has 3 rings (SSSR count). The van der Waals surface area contributed by atoms with E-state index in [0.29, 0.717) is 12.6 Å². The number of amides is 1. The van der Waals surface area contributed by atoms with Gasteiger partial charge in [-0.25, -0.2) is 0 Å². The third-order valence-electron chi connectivity index (χ3n) is 5.35. The molecule has 2 fully saturated rings. The number of hydrogen-bond acceptors (Lipinski definition) is 4. The van der Waals surface area contributed by atoms with Crippen LogP contribution in [0.2, 0.25) is 0 Å². The molecule has 2 aliphatic rings. The molecule has 0 bridgehead atoms. The first-order valence-electron chi connectivity index (χ1n) is 11.4. The summed E-state index contributed by atoms with van der Waals surface area (Å²) < 4.78 is 5.73. The van der Waals surface area contributed by atoms with E-state index in [9.17, 15) is 4.79 Å². The smallest absolute Gasteiger partial charge is 0.234 e. The molecule has 1 heterocycles. The van der Waals surface area contributed by atoms with E-state index in [2.05, 4.69) is 46.4 Å². The summed E-state index contributed by atoms with van der Waals surface area (Å²) in [6.45, 7) is 10.6. The first-order chi connectivity index (χ1) is 14.7. The number of carbonyl (C=O) groups is 1. The highest BCUT2D eigenvalue weighted by Gasteiger charge is 2.25. The van der Waals surface area contributed by atoms with Crippen LogP contribution in [0.1, 0.15) is 38.7 Å². The minimum atomic E-state index is 0. The summed E-state index contributed by atoms with van der Waals surface area (Å²) in [7, 11) is 0. The summed E-state index contributed by atoms with van der Waals surface area (Å²) in [5.41, 5.74) is 1.25. The van der Waals surface area contributed by atoms with Gasteiger partial charge in [-0.15, -0.1) is 24.0 Å². The number of nitrogens with zero attached hydrogens (tertiary/aromatic N) is 3. The number of aliphatic imine (C=N–C) groups is 1. The van der Waals surface area contributed by atoms with Crippen molar-refractivity contribution >= 4 is 35.8 Å². The molecule has 0 spiro atoms. The molecule has 1 saturated carbocycles. The quantitative estimate of drug-likeness (QED) is 0.270. The number of rotatable bonds is 10. The maximum Gasteiger partial charge on any atom is 0.234 e. The van der Waals surface area contributed by atoms with Crippen LogP contribution < -0.4 is 15.4 Å². The Balaban J connectivity index is 0.00000341. The molecular formula is C23H38IN5O2. The van der Waals surface area contributed by atoms with Crippen molar-refractivity contribution in [2.75, 3.05) is 52.4 Å². The third kappa shape index (κ3) is 9.22. The van der Waals surface area contributed by atoms with E-state index in [4.69, 9.17) is 9.73 Å². The van der Waals surface area contributed by atoms with Gasteiger partial charge in [0.25, 0.3) is 0 Å². The zero-order valence-corrected chi connectivity index (χ0v) is 21.3. The molecule has 0 atom stereocenters. The highest BCUT2D eigenvalue weighted by atomic mass is 127. The molecule has 0 radical (unpaired) electrons. The molecule has 174 valence electrons. The van der Waals surface area contributed by atoms with E-state index in [-0.39, 0.29) is 29.9 Å². The molecule has 31 heavy (non-hydrogen) atoms. The predicted octanol–water partition coefficient (Wildman–Crippen LogP) is 2.50. The lowest BCUT2D eigenvalue weighted by molar-refractivity contribution is -0.122. The first kappa shape index (κ1) is 25.7. The van der Waals surface area contributed by atoms with E-state index in [1.807, 2.05) is 12.1 Å². The van der Waals surface area contributed by atoms with Crippen LogP contribution in [0, 0.1) is 0 Å². The summed E-state index contributed by atoms with van der Waals surface area (Å²) in [5.74, 6) is 2.07. The Labute approximate surface area is 204 Å². The standard InChI is InChI=1S/C23H37N5O2.HI/c1-3-16-30-21-7-5-6-19(17-21)10-11-25-23(24-4-2)28-14-12-27(13-15-28)18-22(29)26-20-8-9-20;/h5-7,17,20H,3-4,8-16,18H2,1-2H3,(H,24,25)(H,26,29);1H. The number of carbonyl (C=O) groups excluding carboxylic acids is 1. The fourth-order valence-electron chi connectivity index (χ4n) is 3.55. The second-order valence-electron chi connectivity index (χ2n) is 8.09. The molecule has 1 aliphatic heterocycles. The number of guanidine groups is 1. The Morgan fingerprint density at radius 1 is 1.19 bits per heavy atom. The van der Waals surface area contributed by atoms with Gasteiger partial charge in [-0.3, -0.25) is 14.7 Å². The molecule has 1 amide bonds. The van der Waals surface area contributed by atoms with Gasteiger partial charge in [0.15, 0.2) is 5.96 Å². The molecule has 1 aliphatic carbocycles. The van der Waals surface area contributed by atoms with Gasteiger partial charge in [-0.1, -0.05) is 19.1 Å². The Morgan fingerprint density at radius 2 is 1.97 bits per heavy atom. The molecule has 1 aromatic carbocycles. The van der Waals surface area contributed by atoms with Crippen molar-refractivity contribution in [3.05, 3.63) is 29.8 Å². The summed E-state index contributed by atoms with van der Waals surface area (Å²) in [6.07, 6.45) is 4.18. The maximum atomic E-state index is 12.0. The zero-order chi connectivity index (χ0) is 21.2. The molecule has 2 N–H and O–H groups in total. The molecular weight excluding hydrogens is 505 g/mol. The van der Waals surface area contributed by atoms with Gasteiger partial charge in [-0.2, -0.15) is 0 Å². The van der Waals surface area contributed by atoms with Crippen LogP contribution >= 0.6 is 24.0 Å². The lowest BCUT2D eigenvalue weighted by Crippen LogP contribution is -2.54. The van der Waals surface area contributed by atoms with Crippen molar-refractivity contribution in [3.8, 4) is 5.75 Å². The van der Waals surface area contributed by atoms with Crippen molar-refractivity contribution in [2.24, 2.45) is 4.99 Å². The first-order valence-corrected chi connectivity index (χ1v) is 11.4. The molecule has 1 saturated heterocycles. The monoisotopic (exact) mass is 543 g/mol. The van der Waals surface area contributed by atoms with E-state index >= 15 is 0 Å². The molecule has 1 aromatic rings. The maximum absolute atomic E-state index is 12.0. The Morgan fingerprint density at radius 3 is 2.65 bits per heavy atom. The van der Waals surface area contributed by atoms with Crippen LogP contribution in [0.15, 0.2) is 29.3 Å². The minimum Gasteiger partial charge on any atom is -0.494 e. The van der Waals surface area contributed by atoms with E-state index in [1.54, 1.807) is 0 Å². The van der Waals surface area contributed by atoms with Crippen molar-refractivity contribution in [1.29, 1.82) is 0 Å². The predicted molar refractivity (Wildman–Crippen MR) is 137 cm³/mol. The summed E-state index contributed by atoms with van der Waals surface area (Å²) in [6, 6.07) is 8.74. The minimum absolute atomic E-state index is 0. The lowest BCUT2D eigenvalue weighted by atomic mass is 10.1. The highest BCUT2D eigenvalue weighted by molar-refractivity contribution is 14.0. The van der Waals surface area contributed by atoms with Crippen molar-refractivity contribution in [3.63, 3.8) is 0 Å². The SMILES string of the molecule is CCCOc1cccc(CCN=C(NCC)N2CCN(CC(=O)NC3CC3)CC2)c1.I. The molecule has 7 nitrogen and oxygen atoms in total. The number of nitrogens with one attached hydrogen (secondary N) is 2. The summed E-state index contributed by atoms with van der Waals surface area (Å²) in [4.78, 5) is 21.4. The summed E-state index contributed by atoms with van der Waals surface area (Å²) in [5, 5.41) is 6.50. The number of hydrogen-bond donors (Lipinski definition) is 2. The van der Waals surface area contributed by atoms with Crippen molar-refractivity contribution < 1.29 is 9.53 Å². The van der Waals surface area contributed by atoms with Crippen LogP contribution in [0.3, 0.4) is 0 Å². The van der Waals surface area contributed by atoms with Crippen molar-refractivity contribution in [2.45, 2.75) is 45.6 Å². The van der Waals surface area contributed by atoms with Gasteiger partial charge >= 0.3 is 0 Å². The van der Waals surface area contributed by atoms with Gasteiger partial charge in [0.05, 0.1) is 13.2 Å². The van der Waals surface area contributed by atoms with Gasteiger partial charge in [0, 0.05) is 45.3 Å². The number of ether oxygens (including phenoxy) is 1. The zero-order valence-electron chi connectivity index (χ0n) is 18.9. The van der Waals surface area contributed by atoms with E-state index < -0.39 is 0 Å². The average Bonchev–Trinajstić information content (AvgIpc) is 3.56. The van der Waals surface area contributed by atoms with Gasteiger partial charge < -0.3 is 20.3 Å². The third-order valence-corrected chi connectivity index (χ3v) is 5.35. The van der Waals surface area contributed by atoms with Crippen molar-refractivity contribution in [1.82, 2.24) is 20.4 Å². The molecule has 8 heteroatoms. The number of benzene rings is 1. The van der Waals surface area contributed by atoms with E-state index in [0.717, 1.165) is 83.3 Å². The summed E-state index contributed by atoms with van der Waals surface area (Å²) >= 11 is 0. The van der Waals surface area contributed by atoms with Gasteiger partial charge in [-0.05, 0) is 50.3 Å². The normalized spacial score (nSPS) is 17.1. The van der Waals surface area contributed by atoms with Gasteiger partial charge in [0.2, 0.25) is 5.91 Å². The van der Waals surface area contributed by atoms with E-state index in [1.165, 1.54) is 5.56 Å². The Kier molecular flexibility index (Phi) is 11.4. The largest absolute Gasteiger partial charge is 0.494 e. The highest BCUT2D eigenvalue weighted by Crippen LogP contribution is 2.18. The fourth-order valence-corrected chi connectivity index (χ4v) is 3.55. The average molecular weight is 543 g/mol. The second-order valence-corrected chi connectivity index (χ2v) is 8.09. The van der Waals surface area contributed by atoms with Crippen LogP contribution in [0.25, 0.3) is 0 Å². The second kappa shape index (κ2) is 13.8. The lowest BCUT2D eigenvalue weighted by Gasteiger charge is -2.36. The van der Waals surface area contributed by atoms with Crippen LogP contribution in [-0.2, 0) is 11.2 Å². The number of halogens is 1.